The Kier molecular flexibility index (Phi) is 5.23. The minimum absolute atomic E-state index is 0. The molecule has 0 aliphatic rings. The Morgan fingerprint density at radius 3 is 2.57 bits per heavy atom. The standard InChI is InChI=1S/C17H20N2O.ClH/c1-2-19-16-6-4-3-5-14(16)15-11-13(7-8-17(15)19)12-18-9-10-20;/h3-8,11,18,20H,2,9-10,12H2,1H3;1H/p-1. The second-order valence-electron chi connectivity index (χ2n) is 5.01. The number of nitrogens with one attached hydrogen (secondary N) is 1. The van der Waals surface area contributed by atoms with E-state index >= 15 is 0 Å². The highest BCUT2D eigenvalue weighted by molar-refractivity contribution is 6.08. The smallest absolute Gasteiger partial charge is 0.0556 e. The molecule has 0 saturated carbocycles. The summed E-state index contributed by atoms with van der Waals surface area (Å²) in [6.07, 6.45) is 0. The zero-order valence-corrected chi connectivity index (χ0v) is 12.9. The number of aryl methyl sites for hydroxylation is 1. The van der Waals surface area contributed by atoms with Crippen molar-refractivity contribution < 1.29 is 17.5 Å². The second-order valence-corrected chi connectivity index (χ2v) is 5.01. The summed E-state index contributed by atoms with van der Waals surface area (Å²) in [6, 6.07) is 15.2. The van der Waals surface area contributed by atoms with Crippen molar-refractivity contribution in [3.05, 3.63) is 48.0 Å². The molecular formula is C17H20ClN2O-. The average molecular weight is 304 g/mol. The van der Waals surface area contributed by atoms with E-state index in [2.05, 4.69) is 59.3 Å². The topological polar surface area (TPSA) is 37.2 Å². The van der Waals surface area contributed by atoms with Crippen molar-refractivity contribution in [2.75, 3.05) is 13.2 Å². The molecule has 112 valence electrons. The lowest BCUT2D eigenvalue weighted by molar-refractivity contribution is -0.00000510. The van der Waals surface area contributed by atoms with Crippen LogP contribution in [0.25, 0.3) is 21.8 Å². The van der Waals surface area contributed by atoms with E-state index < -0.39 is 0 Å². The number of nitrogens with zero attached hydrogens (tertiary/aromatic N) is 1. The molecule has 0 fully saturated rings. The summed E-state index contributed by atoms with van der Waals surface area (Å²) in [4.78, 5) is 0. The fourth-order valence-corrected chi connectivity index (χ4v) is 2.86. The number of hydrogen-bond acceptors (Lipinski definition) is 2. The summed E-state index contributed by atoms with van der Waals surface area (Å²) in [7, 11) is 0. The van der Waals surface area contributed by atoms with E-state index in [0.29, 0.717) is 6.54 Å². The van der Waals surface area contributed by atoms with Gasteiger partial charge >= 0.3 is 0 Å². The van der Waals surface area contributed by atoms with E-state index in [1.54, 1.807) is 0 Å². The average Bonchev–Trinajstić information content (AvgIpc) is 2.81. The maximum Gasteiger partial charge on any atom is 0.0556 e. The van der Waals surface area contributed by atoms with Crippen LogP contribution in [0.3, 0.4) is 0 Å². The molecule has 1 aromatic heterocycles. The molecule has 1 heterocycles. The van der Waals surface area contributed by atoms with E-state index in [9.17, 15) is 0 Å². The number of aliphatic hydroxyl groups is 1. The zero-order valence-electron chi connectivity index (χ0n) is 12.1. The van der Waals surface area contributed by atoms with Crippen molar-refractivity contribution in [1.29, 1.82) is 0 Å². The van der Waals surface area contributed by atoms with Gasteiger partial charge in [-0.15, -0.1) is 0 Å². The zero-order chi connectivity index (χ0) is 13.9. The maximum absolute atomic E-state index is 8.83. The highest BCUT2D eigenvalue weighted by atomic mass is 35.5. The normalized spacial score (nSPS) is 11.0. The van der Waals surface area contributed by atoms with Crippen molar-refractivity contribution in [3.8, 4) is 0 Å². The molecule has 0 bridgehead atoms. The number of fused-ring (bicyclic) bond motifs is 3. The second kappa shape index (κ2) is 6.94. The van der Waals surface area contributed by atoms with Crippen LogP contribution < -0.4 is 17.7 Å². The number of halogens is 1. The molecule has 0 atom stereocenters. The van der Waals surface area contributed by atoms with Gasteiger partial charge in [0.25, 0.3) is 0 Å². The van der Waals surface area contributed by atoms with Crippen LogP contribution in [-0.4, -0.2) is 22.8 Å². The van der Waals surface area contributed by atoms with Crippen LogP contribution in [0, 0.1) is 0 Å². The quantitative estimate of drug-likeness (QED) is 0.646. The monoisotopic (exact) mass is 303 g/mol. The Hall–Kier alpha value is -1.55. The largest absolute Gasteiger partial charge is 1.00 e. The summed E-state index contributed by atoms with van der Waals surface area (Å²) >= 11 is 0. The lowest BCUT2D eigenvalue weighted by Crippen LogP contribution is -3.00. The lowest BCUT2D eigenvalue weighted by atomic mass is 10.1. The van der Waals surface area contributed by atoms with Crippen molar-refractivity contribution in [2.24, 2.45) is 0 Å². The molecule has 0 spiro atoms. The SMILES string of the molecule is CCn1c2ccccc2c2cc(CNCCO)ccc21.[Cl-]. The van der Waals surface area contributed by atoms with Gasteiger partial charge in [-0.1, -0.05) is 24.3 Å². The highest BCUT2D eigenvalue weighted by Gasteiger charge is 2.09. The molecular weight excluding hydrogens is 284 g/mol. The van der Waals surface area contributed by atoms with Gasteiger partial charge in [-0.25, -0.2) is 0 Å². The Morgan fingerprint density at radius 2 is 1.81 bits per heavy atom. The van der Waals surface area contributed by atoms with Gasteiger partial charge in [0.1, 0.15) is 0 Å². The molecule has 4 heteroatoms. The fourth-order valence-electron chi connectivity index (χ4n) is 2.86. The van der Waals surface area contributed by atoms with Crippen LogP contribution in [0.15, 0.2) is 42.5 Å². The fraction of sp³-hybridized carbons (Fsp3) is 0.294. The van der Waals surface area contributed by atoms with Gasteiger partial charge in [-0.05, 0) is 30.7 Å². The van der Waals surface area contributed by atoms with Crippen LogP contribution in [0.2, 0.25) is 0 Å². The molecule has 3 nitrogen and oxygen atoms in total. The Labute approximate surface area is 131 Å². The Morgan fingerprint density at radius 1 is 1.05 bits per heavy atom. The van der Waals surface area contributed by atoms with Gasteiger partial charge in [0.05, 0.1) is 6.61 Å². The summed E-state index contributed by atoms with van der Waals surface area (Å²) in [5, 5.41) is 14.7. The number of rotatable bonds is 5. The molecule has 3 rings (SSSR count). The van der Waals surface area contributed by atoms with Crippen molar-refractivity contribution >= 4 is 21.8 Å². The first-order valence-corrected chi connectivity index (χ1v) is 7.16. The van der Waals surface area contributed by atoms with Gasteiger partial charge in [0, 0.05) is 41.4 Å². The Balaban J connectivity index is 0.00000161. The highest BCUT2D eigenvalue weighted by Crippen LogP contribution is 2.29. The molecule has 3 aromatic rings. The third kappa shape index (κ3) is 2.91. The molecule has 21 heavy (non-hydrogen) atoms. The summed E-state index contributed by atoms with van der Waals surface area (Å²) in [6.45, 7) is 4.77. The van der Waals surface area contributed by atoms with E-state index in [4.69, 9.17) is 5.11 Å². The van der Waals surface area contributed by atoms with E-state index in [1.807, 2.05) is 0 Å². The summed E-state index contributed by atoms with van der Waals surface area (Å²) < 4.78 is 2.36. The number of para-hydroxylation sites is 1. The van der Waals surface area contributed by atoms with Crippen LogP contribution in [0.1, 0.15) is 12.5 Å². The molecule has 0 unspecified atom stereocenters. The van der Waals surface area contributed by atoms with Crippen molar-refractivity contribution in [2.45, 2.75) is 20.0 Å². The minimum Gasteiger partial charge on any atom is -1.00 e. The van der Waals surface area contributed by atoms with Crippen molar-refractivity contribution in [1.82, 2.24) is 9.88 Å². The van der Waals surface area contributed by atoms with Crippen LogP contribution in [0.4, 0.5) is 0 Å². The van der Waals surface area contributed by atoms with Gasteiger partial charge in [0.15, 0.2) is 0 Å². The predicted octanol–water partition coefficient (Wildman–Crippen LogP) is -0.0997. The minimum atomic E-state index is 0. The molecule has 0 saturated heterocycles. The maximum atomic E-state index is 8.83. The van der Waals surface area contributed by atoms with E-state index in [0.717, 1.165) is 13.1 Å². The summed E-state index contributed by atoms with van der Waals surface area (Å²) in [5.41, 5.74) is 3.84. The first-order chi connectivity index (χ1) is 9.85. The molecule has 2 N–H and O–H groups in total. The first-order valence-electron chi connectivity index (χ1n) is 7.16. The van der Waals surface area contributed by atoms with Crippen molar-refractivity contribution in [3.63, 3.8) is 0 Å². The summed E-state index contributed by atoms with van der Waals surface area (Å²) in [5.74, 6) is 0. The molecule has 2 aromatic carbocycles. The number of aromatic nitrogens is 1. The number of benzene rings is 2. The number of aliphatic hydroxyl groups excluding tert-OH is 1. The van der Waals surface area contributed by atoms with Crippen LogP contribution in [-0.2, 0) is 13.1 Å². The van der Waals surface area contributed by atoms with Crippen LogP contribution >= 0.6 is 0 Å². The van der Waals surface area contributed by atoms with E-state index in [-0.39, 0.29) is 19.0 Å². The van der Waals surface area contributed by atoms with Gasteiger partial charge in [-0.2, -0.15) is 0 Å². The Bertz CT molecular complexity index is 736. The van der Waals surface area contributed by atoms with Gasteiger partial charge < -0.3 is 27.4 Å². The van der Waals surface area contributed by atoms with Gasteiger partial charge in [-0.3, -0.25) is 0 Å². The van der Waals surface area contributed by atoms with Gasteiger partial charge in [0.2, 0.25) is 0 Å². The molecule has 0 aliphatic heterocycles. The number of hydrogen-bond donors (Lipinski definition) is 2. The molecule has 0 amide bonds. The third-order valence-corrected chi connectivity index (χ3v) is 3.77. The predicted molar refractivity (Wildman–Crippen MR) is 83.9 cm³/mol. The molecule has 0 aliphatic carbocycles. The first kappa shape index (κ1) is 15.8. The third-order valence-electron chi connectivity index (χ3n) is 3.77. The van der Waals surface area contributed by atoms with E-state index in [1.165, 1.54) is 27.4 Å². The molecule has 0 radical (unpaired) electrons. The van der Waals surface area contributed by atoms with Crippen LogP contribution in [0.5, 0.6) is 0 Å². The lowest BCUT2D eigenvalue weighted by Gasteiger charge is -2.05.